The molecule has 70 valence electrons. The number of rotatable bonds is 2. The van der Waals surface area contributed by atoms with Crippen LogP contribution in [0.3, 0.4) is 0 Å². The summed E-state index contributed by atoms with van der Waals surface area (Å²) < 4.78 is 26.0. The molecule has 0 aromatic rings. The first-order valence-electron chi connectivity index (χ1n) is 3.54. The van der Waals surface area contributed by atoms with Gasteiger partial charge in [0.2, 0.25) is 5.91 Å². The van der Waals surface area contributed by atoms with E-state index in [1.54, 1.807) is 0 Å². The minimum Gasteiger partial charge on any atom is -0.319 e. The molecule has 0 aliphatic carbocycles. The number of amides is 1. The number of likely N-dealkylation sites (tertiary alicyclic amines) is 1. The molecule has 1 aliphatic rings. The third-order valence-corrected chi connectivity index (χ3v) is 2.29. The van der Waals surface area contributed by atoms with Gasteiger partial charge in [-0.3, -0.25) is 4.79 Å². The van der Waals surface area contributed by atoms with Crippen LogP contribution in [-0.2, 0) is 19.1 Å². The van der Waals surface area contributed by atoms with E-state index in [4.69, 9.17) is 0 Å². The zero-order valence-electron chi connectivity index (χ0n) is 6.98. The van der Waals surface area contributed by atoms with Gasteiger partial charge in [0.25, 0.3) is 10.1 Å². The highest BCUT2D eigenvalue weighted by Crippen LogP contribution is 2.18. The Bertz CT molecular complexity index is 284. The molecule has 1 rings (SSSR count). The molecule has 1 heterocycles. The second-order valence-corrected chi connectivity index (χ2v) is 4.40. The molecule has 1 unspecified atom stereocenters. The molecule has 0 saturated carbocycles. The third-order valence-electron chi connectivity index (χ3n) is 1.72. The van der Waals surface area contributed by atoms with E-state index in [1.165, 1.54) is 11.9 Å². The van der Waals surface area contributed by atoms with Crippen molar-refractivity contribution in [2.45, 2.75) is 19.1 Å². The molecule has 0 radical (unpaired) electrons. The van der Waals surface area contributed by atoms with Gasteiger partial charge in [-0.2, -0.15) is 8.42 Å². The van der Waals surface area contributed by atoms with Crippen molar-refractivity contribution < 1.29 is 17.4 Å². The summed E-state index contributed by atoms with van der Waals surface area (Å²) in [6, 6.07) is 0. The SMILES string of the molecule is CN1C(=O)CCC1OS(C)(=O)=O. The Balaban J connectivity index is 2.62. The van der Waals surface area contributed by atoms with E-state index in [1.807, 2.05) is 0 Å². The molecule has 1 saturated heterocycles. The van der Waals surface area contributed by atoms with Crippen LogP contribution >= 0.6 is 0 Å². The maximum absolute atomic E-state index is 10.9. The van der Waals surface area contributed by atoms with Crippen LogP contribution in [0.2, 0.25) is 0 Å². The highest BCUT2D eigenvalue weighted by Gasteiger charge is 2.30. The lowest BCUT2D eigenvalue weighted by Crippen LogP contribution is -2.32. The van der Waals surface area contributed by atoms with E-state index in [-0.39, 0.29) is 5.91 Å². The van der Waals surface area contributed by atoms with Crippen molar-refractivity contribution in [3.05, 3.63) is 0 Å². The minimum atomic E-state index is -3.46. The lowest BCUT2D eigenvalue weighted by atomic mass is 10.4. The van der Waals surface area contributed by atoms with Crippen molar-refractivity contribution in [3.8, 4) is 0 Å². The topological polar surface area (TPSA) is 63.7 Å². The predicted molar refractivity (Wildman–Crippen MR) is 41.7 cm³/mol. The molecule has 0 aromatic heterocycles. The van der Waals surface area contributed by atoms with Crippen molar-refractivity contribution in [1.82, 2.24) is 4.90 Å². The lowest BCUT2D eigenvalue weighted by Gasteiger charge is -2.17. The van der Waals surface area contributed by atoms with Crippen LogP contribution in [-0.4, -0.2) is 38.8 Å². The van der Waals surface area contributed by atoms with Gasteiger partial charge in [-0.1, -0.05) is 0 Å². The van der Waals surface area contributed by atoms with Gasteiger partial charge in [-0.15, -0.1) is 0 Å². The van der Waals surface area contributed by atoms with Crippen LogP contribution in [0.15, 0.2) is 0 Å². The maximum atomic E-state index is 10.9. The quantitative estimate of drug-likeness (QED) is 0.557. The highest BCUT2D eigenvalue weighted by molar-refractivity contribution is 7.86. The molecule has 12 heavy (non-hydrogen) atoms. The number of carbonyl (C=O) groups is 1. The average Bonchev–Trinajstić information content (AvgIpc) is 2.16. The van der Waals surface area contributed by atoms with Crippen LogP contribution in [0.5, 0.6) is 0 Å². The summed E-state index contributed by atoms with van der Waals surface area (Å²) in [5, 5.41) is 0. The molecule has 0 spiro atoms. The van der Waals surface area contributed by atoms with Gasteiger partial charge in [-0.25, -0.2) is 4.18 Å². The summed E-state index contributed by atoms with van der Waals surface area (Å²) in [5.41, 5.74) is 0. The van der Waals surface area contributed by atoms with Gasteiger partial charge in [0.1, 0.15) is 0 Å². The first-order chi connectivity index (χ1) is 5.40. The molecule has 1 fully saturated rings. The normalized spacial score (nSPS) is 25.0. The standard InChI is InChI=1S/C6H11NO4S/c1-7-5(8)3-4-6(7)11-12(2,9)10/h6H,3-4H2,1-2H3. The highest BCUT2D eigenvalue weighted by atomic mass is 32.2. The molecule has 1 aliphatic heterocycles. The fraction of sp³-hybridized carbons (Fsp3) is 0.833. The second kappa shape index (κ2) is 3.02. The molecule has 1 atom stereocenters. The van der Waals surface area contributed by atoms with Gasteiger partial charge in [-0.05, 0) is 0 Å². The summed E-state index contributed by atoms with van der Waals surface area (Å²) in [7, 11) is -1.92. The second-order valence-electron chi connectivity index (χ2n) is 2.80. The number of nitrogens with zero attached hydrogens (tertiary/aromatic N) is 1. The van der Waals surface area contributed by atoms with Crippen LogP contribution in [0, 0.1) is 0 Å². The van der Waals surface area contributed by atoms with Crippen molar-refractivity contribution in [1.29, 1.82) is 0 Å². The van der Waals surface area contributed by atoms with Crippen molar-refractivity contribution in [2.24, 2.45) is 0 Å². The molecule has 0 N–H and O–H groups in total. The molecular weight excluding hydrogens is 182 g/mol. The van der Waals surface area contributed by atoms with Crippen molar-refractivity contribution in [3.63, 3.8) is 0 Å². The van der Waals surface area contributed by atoms with Crippen LogP contribution < -0.4 is 0 Å². The first kappa shape index (κ1) is 9.47. The average molecular weight is 193 g/mol. The molecule has 0 aromatic carbocycles. The Kier molecular flexibility index (Phi) is 2.39. The van der Waals surface area contributed by atoms with Crippen LogP contribution in [0.1, 0.15) is 12.8 Å². The molecule has 6 heteroatoms. The number of hydrogen-bond acceptors (Lipinski definition) is 4. The molecule has 0 bridgehead atoms. The van der Waals surface area contributed by atoms with E-state index in [2.05, 4.69) is 4.18 Å². The van der Waals surface area contributed by atoms with Crippen molar-refractivity contribution >= 4 is 16.0 Å². The van der Waals surface area contributed by atoms with Gasteiger partial charge in [0, 0.05) is 19.9 Å². The molecule has 5 nitrogen and oxygen atoms in total. The van der Waals surface area contributed by atoms with E-state index < -0.39 is 16.3 Å². The monoisotopic (exact) mass is 193 g/mol. The Morgan fingerprint density at radius 3 is 2.50 bits per heavy atom. The zero-order chi connectivity index (χ0) is 9.35. The fourth-order valence-electron chi connectivity index (χ4n) is 1.09. The Morgan fingerprint density at radius 2 is 2.17 bits per heavy atom. The number of carbonyl (C=O) groups excluding carboxylic acids is 1. The fourth-order valence-corrected chi connectivity index (χ4v) is 1.72. The lowest BCUT2D eigenvalue weighted by molar-refractivity contribution is -0.130. The molecule has 1 amide bonds. The van der Waals surface area contributed by atoms with Gasteiger partial charge in [0.05, 0.1) is 6.26 Å². The maximum Gasteiger partial charge on any atom is 0.266 e. The predicted octanol–water partition coefficient (Wildman–Crippen LogP) is -0.459. The van der Waals surface area contributed by atoms with Gasteiger partial charge >= 0.3 is 0 Å². The minimum absolute atomic E-state index is 0.0800. The summed E-state index contributed by atoms with van der Waals surface area (Å²) in [4.78, 5) is 12.2. The summed E-state index contributed by atoms with van der Waals surface area (Å²) in [6.45, 7) is 0. The number of hydrogen-bond donors (Lipinski definition) is 0. The Labute approximate surface area is 71.4 Å². The van der Waals surface area contributed by atoms with E-state index >= 15 is 0 Å². The van der Waals surface area contributed by atoms with E-state index in [0.717, 1.165) is 6.26 Å². The largest absolute Gasteiger partial charge is 0.319 e. The van der Waals surface area contributed by atoms with Gasteiger partial charge < -0.3 is 4.90 Å². The smallest absolute Gasteiger partial charge is 0.266 e. The summed E-state index contributed by atoms with van der Waals surface area (Å²) >= 11 is 0. The summed E-state index contributed by atoms with van der Waals surface area (Å²) in [5.74, 6) is -0.0800. The third kappa shape index (κ3) is 2.18. The molecular formula is C6H11NO4S. The summed E-state index contributed by atoms with van der Waals surface area (Å²) in [6.07, 6.45) is 1.18. The van der Waals surface area contributed by atoms with Gasteiger partial charge in [0.15, 0.2) is 6.23 Å². The first-order valence-corrected chi connectivity index (χ1v) is 5.36. The Morgan fingerprint density at radius 1 is 1.58 bits per heavy atom. The Hall–Kier alpha value is -0.620. The van der Waals surface area contributed by atoms with Crippen LogP contribution in [0.25, 0.3) is 0 Å². The zero-order valence-corrected chi connectivity index (χ0v) is 7.80. The van der Waals surface area contributed by atoms with E-state index in [0.29, 0.717) is 12.8 Å². The van der Waals surface area contributed by atoms with Crippen LogP contribution in [0.4, 0.5) is 0 Å². The van der Waals surface area contributed by atoms with E-state index in [9.17, 15) is 13.2 Å². The van der Waals surface area contributed by atoms with Crippen molar-refractivity contribution in [2.75, 3.05) is 13.3 Å².